The Hall–Kier alpha value is -0.170. The monoisotopic (exact) mass is 338 g/mol. The van der Waals surface area contributed by atoms with Crippen LogP contribution in [0.15, 0.2) is 23.0 Å². The molecule has 0 aliphatic carbocycles. The van der Waals surface area contributed by atoms with Gasteiger partial charge in [-0.15, -0.1) is 0 Å². The molecule has 0 unspecified atom stereocenters. The maximum Gasteiger partial charge on any atom is -0.0185 e. The summed E-state index contributed by atoms with van der Waals surface area (Å²) < 4.78 is 0. The fraction of sp³-hybridized carbons (Fsp3) is 0.818. The van der Waals surface area contributed by atoms with Crippen molar-refractivity contribution in [3.63, 3.8) is 0 Å². The Morgan fingerprint density at radius 2 is 0.826 bits per heavy atom. The zero-order chi connectivity index (χ0) is 16.4. The lowest BCUT2D eigenvalue weighted by atomic mass is 10.0. The van der Waals surface area contributed by atoms with Crippen LogP contribution in [0.2, 0.25) is 0 Å². The summed E-state index contributed by atoms with van der Waals surface area (Å²) in [6, 6.07) is 0. The molecule has 0 radical (unpaired) electrons. The fourth-order valence-electron chi connectivity index (χ4n) is 3.36. The van der Waals surface area contributed by atoms with Crippen LogP contribution >= 0.6 is 10.9 Å². The van der Waals surface area contributed by atoms with E-state index in [4.69, 9.17) is 0 Å². The van der Waals surface area contributed by atoms with E-state index >= 15 is 0 Å². The van der Waals surface area contributed by atoms with Crippen LogP contribution in [0.5, 0.6) is 0 Å². The van der Waals surface area contributed by atoms with Crippen LogP contribution in [0, 0.1) is 0 Å². The predicted octanol–water partition coefficient (Wildman–Crippen LogP) is 8.29. The minimum atomic E-state index is 0.151. The number of rotatable bonds is 17. The van der Waals surface area contributed by atoms with Crippen molar-refractivity contribution in [2.75, 3.05) is 5.75 Å². The quantitative estimate of drug-likeness (QED) is 0.200. The Bertz CT molecular complexity index is 280. The summed E-state index contributed by atoms with van der Waals surface area (Å²) in [4.78, 5) is 0. The highest BCUT2D eigenvalue weighted by Crippen LogP contribution is 2.33. The van der Waals surface area contributed by atoms with Crippen molar-refractivity contribution in [2.45, 2.75) is 110 Å². The smallest absolute Gasteiger partial charge is 0.0185 e. The maximum absolute atomic E-state index is 2.40. The molecule has 0 saturated carbocycles. The van der Waals surface area contributed by atoms with Crippen molar-refractivity contribution < 1.29 is 0 Å². The summed E-state index contributed by atoms with van der Waals surface area (Å²) in [6.07, 6.45) is 27.9. The van der Waals surface area contributed by atoms with E-state index in [-0.39, 0.29) is 10.9 Å². The summed E-state index contributed by atoms with van der Waals surface area (Å²) in [6.45, 7) is 2.30. The Morgan fingerprint density at radius 1 is 0.478 bits per heavy atom. The van der Waals surface area contributed by atoms with E-state index in [1.54, 1.807) is 0 Å². The molecule has 136 valence electrons. The van der Waals surface area contributed by atoms with E-state index < -0.39 is 0 Å². The van der Waals surface area contributed by atoms with Crippen molar-refractivity contribution in [1.82, 2.24) is 0 Å². The van der Waals surface area contributed by atoms with E-state index in [1.165, 1.54) is 108 Å². The second kappa shape index (κ2) is 16.7. The third-order valence-electron chi connectivity index (χ3n) is 4.94. The van der Waals surface area contributed by atoms with Gasteiger partial charge in [-0.3, -0.25) is 0 Å². The van der Waals surface area contributed by atoms with E-state index in [1.807, 2.05) is 0 Å². The first-order chi connectivity index (χ1) is 11.4. The van der Waals surface area contributed by atoms with Crippen LogP contribution in [0.25, 0.3) is 0 Å². The molecule has 0 amide bonds. The molecule has 1 heterocycles. The van der Waals surface area contributed by atoms with E-state index in [9.17, 15) is 0 Å². The van der Waals surface area contributed by atoms with Crippen molar-refractivity contribution in [1.29, 1.82) is 0 Å². The molecule has 0 saturated heterocycles. The lowest BCUT2D eigenvalue weighted by Gasteiger charge is -2.09. The lowest BCUT2D eigenvalue weighted by Crippen LogP contribution is -1.85. The molecule has 0 spiro atoms. The van der Waals surface area contributed by atoms with Crippen LogP contribution in [-0.2, 0) is 0 Å². The number of hydrogen-bond acceptors (Lipinski definition) is 0. The first-order valence-corrected chi connectivity index (χ1v) is 12.2. The van der Waals surface area contributed by atoms with Gasteiger partial charge in [-0.2, -0.15) is 0 Å². The molecule has 0 N–H and O–H groups in total. The lowest BCUT2D eigenvalue weighted by molar-refractivity contribution is 0.531. The topological polar surface area (TPSA) is 0 Å². The molecule has 0 fully saturated rings. The van der Waals surface area contributed by atoms with Gasteiger partial charge in [-0.05, 0) is 23.0 Å². The Kier molecular flexibility index (Phi) is 15.1. The summed E-state index contributed by atoms with van der Waals surface area (Å²) in [5.41, 5.74) is 0. The van der Waals surface area contributed by atoms with Crippen molar-refractivity contribution in [3.05, 3.63) is 23.0 Å². The molecule has 0 atom stereocenters. The van der Waals surface area contributed by atoms with Crippen LogP contribution < -0.4 is 0 Å². The average molecular weight is 339 g/mol. The zero-order valence-electron chi connectivity index (χ0n) is 15.8. The Balaban J connectivity index is 1.65. The van der Waals surface area contributed by atoms with Crippen molar-refractivity contribution >= 4 is 10.9 Å². The standard InChI is InChI=1S/C22H42S/c1-2-3-4-5-6-7-8-9-10-11-12-13-14-15-16-17-20-23-21-18-19-22-23/h18-19,21-23H,2-17,20H2,1H3. The van der Waals surface area contributed by atoms with Gasteiger partial charge in [0.15, 0.2) is 0 Å². The minimum absolute atomic E-state index is 0.151. The first-order valence-electron chi connectivity index (χ1n) is 10.5. The van der Waals surface area contributed by atoms with Gasteiger partial charge >= 0.3 is 0 Å². The SMILES string of the molecule is CCCCCCCCCCCCCCCCCC[SH]1C=CC=C1. The van der Waals surface area contributed by atoms with Crippen LogP contribution in [0.4, 0.5) is 0 Å². The van der Waals surface area contributed by atoms with Crippen LogP contribution in [0.3, 0.4) is 0 Å². The molecule has 1 aliphatic rings. The normalized spacial score (nSPS) is 14.9. The molecular formula is C22H42S. The van der Waals surface area contributed by atoms with Gasteiger partial charge < -0.3 is 0 Å². The van der Waals surface area contributed by atoms with Crippen LogP contribution in [0.1, 0.15) is 110 Å². The van der Waals surface area contributed by atoms with Crippen molar-refractivity contribution in [3.8, 4) is 0 Å². The third-order valence-corrected chi connectivity index (χ3v) is 6.88. The largest absolute Gasteiger partial charge is 0.213 e. The van der Waals surface area contributed by atoms with E-state index in [2.05, 4.69) is 29.9 Å². The highest BCUT2D eigenvalue weighted by atomic mass is 32.2. The second-order valence-corrected chi connectivity index (χ2v) is 9.30. The van der Waals surface area contributed by atoms with Gasteiger partial charge in [0.1, 0.15) is 0 Å². The average Bonchev–Trinajstić information content (AvgIpc) is 3.08. The van der Waals surface area contributed by atoms with Gasteiger partial charge in [-0.25, -0.2) is 10.9 Å². The highest BCUT2D eigenvalue weighted by molar-refractivity contribution is 8.22. The van der Waals surface area contributed by atoms with Crippen molar-refractivity contribution in [2.24, 2.45) is 0 Å². The molecule has 0 aromatic rings. The zero-order valence-corrected chi connectivity index (χ0v) is 16.7. The van der Waals surface area contributed by atoms with Gasteiger partial charge in [-0.1, -0.05) is 115 Å². The Morgan fingerprint density at radius 3 is 1.22 bits per heavy atom. The molecular weight excluding hydrogens is 296 g/mol. The molecule has 23 heavy (non-hydrogen) atoms. The molecule has 0 nitrogen and oxygen atoms in total. The molecule has 0 aromatic carbocycles. The fourth-order valence-corrected chi connectivity index (χ4v) is 4.99. The predicted molar refractivity (Wildman–Crippen MR) is 112 cm³/mol. The molecule has 1 aliphatic heterocycles. The minimum Gasteiger partial charge on any atom is -0.213 e. The number of hydrogen-bond donors (Lipinski definition) is 1. The summed E-state index contributed by atoms with van der Waals surface area (Å²) in [7, 11) is 0.151. The summed E-state index contributed by atoms with van der Waals surface area (Å²) in [5, 5.41) is 4.81. The Labute approximate surface area is 149 Å². The third kappa shape index (κ3) is 13.9. The molecule has 0 aromatic heterocycles. The number of thiol groups is 1. The number of unbranched alkanes of at least 4 members (excludes halogenated alkanes) is 15. The molecule has 1 heteroatoms. The van der Waals surface area contributed by atoms with Gasteiger partial charge in [0, 0.05) is 0 Å². The number of allylic oxidation sites excluding steroid dienone is 2. The second-order valence-electron chi connectivity index (χ2n) is 7.22. The van der Waals surface area contributed by atoms with E-state index in [0.717, 1.165) is 0 Å². The highest BCUT2D eigenvalue weighted by Gasteiger charge is 1.99. The summed E-state index contributed by atoms with van der Waals surface area (Å²) in [5.74, 6) is 1.43. The molecule has 0 bridgehead atoms. The molecule has 1 rings (SSSR count). The van der Waals surface area contributed by atoms with Crippen LogP contribution in [-0.4, -0.2) is 5.75 Å². The van der Waals surface area contributed by atoms with Gasteiger partial charge in [0.2, 0.25) is 0 Å². The van der Waals surface area contributed by atoms with Gasteiger partial charge in [0.25, 0.3) is 0 Å². The summed E-state index contributed by atoms with van der Waals surface area (Å²) >= 11 is 0. The van der Waals surface area contributed by atoms with Gasteiger partial charge in [0.05, 0.1) is 0 Å². The first kappa shape index (κ1) is 20.9. The maximum atomic E-state index is 2.40. The van der Waals surface area contributed by atoms with E-state index in [0.29, 0.717) is 0 Å².